The molecule has 2 atom stereocenters. The average molecular weight is 507 g/mol. The summed E-state index contributed by atoms with van der Waals surface area (Å²) in [4.78, 5) is 28.5. The number of carbonyl (C=O) groups is 2. The molecule has 0 bridgehead atoms. The molecule has 3 fully saturated rings. The summed E-state index contributed by atoms with van der Waals surface area (Å²) >= 11 is 0. The number of hydrogen-bond donors (Lipinski definition) is 4. The van der Waals surface area contributed by atoms with Crippen molar-refractivity contribution in [1.29, 1.82) is 0 Å². The molecule has 5 rings (SSSR count). The summed E-state index contributed by atoms with van der Waals surface area (Å²) in [5.74, 6) is 6.72. The third-order valence-electron chi connectivity index (χ3n) is 7.49. The molecule has 1 aromatic heterocycles. The van der Waals surface area contributed by atoms with Gasteiger partial charge in [0, 0.05) is 36.6 Å². The highest BCUT2D eigenvalue weighted by molar-refractivity contribution is 6.00. The van der Waals surface area contributed by atoms with E-state index in [1.54, 1.807) is 18.2 Å². The third kappa shape index (κ3) is 5.26. The molecule has 37 heavy (non-hydrogen) atoms. The van der Waals surface area contributed by atoms with Crippen molar-refractivity contribution in [2.45, 2.75) is 56.6 Å². The summed E-state index contributed by atoms with van der Waals surface area (Å²) in [6, 6.07) is 7.38. The third-order valence-corrected chi connectivity index (χ3v) is 7.49. The average Bonchev–Trinajstić information content (AvgIpc) is 3.51. The van der Waals surface area contributed by atoms with Crippen molar-refractivity contribution in [2.75, 3.05) is 24.4 Å². The number of aromatic nitrogens is 1. The Morgan fingerprint density at radius 3 is 2.73 bits per heavy atom. The van der Waals surface area contributed by atoms with Crippen molar-refractivity contribution >= 4 is 35.1 Å². The van der Waals surface area contributed by atoms with Gasteiger partial charge in [0.2, 0.25) is 5.91 Å². The molecular weight excluding hydrogens is 472 g/mol. The SMILES string of the molecule is COc1c(/C=C/N(N)[C@@H]2CCC[C@]23CCCO3)cccc1Nc1cc(NC(=O)C2CC2)ncc1C(N)=O. The normalized spacial score (nSPS) is 22.9. The van der Waals surface area contributed by atoms with Crippen molar-refractivity contribution in [3.8, 4) is 5.75 Å². The van der Waals surface area contributed by atoms with Gasteiger partial charge in [-0.05, 0) is 57.1 Å². The molecule has 1 aromatic carbocycles. The Morgan fingerprint density at radius 1 is 1.22 bits per heavy atom. The number of anilines is 3. The number of nitrogens with two attached hydrogens (primary N) is 2. The molecule has 2 aliphatic carbocycles. The van der Waals surface area contributed by atoms with Gasteiger partial charge in [-0.1, -0.05) is 12.1 Å². The number of primary amides is 1. The van der Waals surface area contributed by atoms with Crippen LogP contribution < -0.4 is 26.9 Å². The monoisotopic (exact) mass is 506 g/mol. The largest absolute Gasteiger partial charge is 0.494 e. The van der Waals surface area contributed by atoms with Crippen molar-refractivity contribution in [3.63, 3.8) is 0 Å². The van der Waals surface area contributed by atoms with E-state index in [1.165, 1.54) is 6.20 Å². The topological polar surface area (TPSA) is 145 Å². The van der Waals surface area contributed by atoms with E-state index in [4.69, 9.17) is 21.1 Å². The van der Waals surface area contributed by atoms with Crippen LogP contribution in [0, 0.1) is 5.92 Å². The van der Waals surface area contributed by atoms with E-state index in [-0.39, 0.29) is 29.0 Å². The van der Waals surface area contributed by atoms with Crippen LogP contribution in [0.2, 0.25) is 0 Å². The Hall–Kier alpha value is -3.63. The fourth-order valence-electron chi connectivity index (χ4n) is 5.45. The molecule has 0 radical (unpaired) electrons. The maximum absolute atomic E-state index is 12.2. The summed E-state index contributed by atoms with van der Waals surface area (Å²) in [7, 11) is 1.58. The first kappa shape index (κ1) is 25.0. The summed E-state index contributed by atoms with van der Waals surface area (Å²) in [6.45, 7) is 0.796. The van der Waals surface area contributed by atoms with Crippen molar-refractivity contribution in [2.24, 2.45) is 17.5 Å². The van der Waals surface area contributed by atoms with E-state index >= 15 is 0 Å². The molecule has 10 nitrogen and oxygen atoms in total. The first-order valence-corrected chi connectivity index (χ1v) is 12.8. The lowest BCUT2D eigenvalue weighted by molar-refractivity contribution is -0.117. The number of nitrogens with zero attached hydrogens (tertiary/aromatic N) is 2. The van der Waals surface area contributed by atoms with Crippen LogP contribution in [-0.2, 0) is 9.53 Å². The van der Waals surface area contributed by atoms with Crippen LogP contribution in [0.15, 0.2) is 36.7 Å². The number of rotatable bonds is 9. The molecule has 3 aliphatic rings. The lowest BCUT2D eigenvalue weighted by Gasteiger charge is -2.35. The number of carbonyl (C=O) groups excluding carboxylic acids is 2. The molecule has 0 unspecified atom stereocenters. The molecular formula is C27H34N6O4. The number of ether oxygens (including phenoxy) is 2. The minimum atomic E-state index is -0.636. The highest BCUT2D eigenvalue weighted by atomic mass is 16.5. The zero-order chi connectivity index (χ0) is 26.0. The highest BCUT2D eigenvalue weighted by Gasteiger charge is 2.47. The number of para-hydroxylation sites is 1. The van der Waals surface area contributed by atoms with Crippen LogP contribution in [-0.4, -0.2) is 47.2 Å². The molecule has 2 saturated carbocycles. The second-order valence-corrected chi connectivity index (χ2v) is 9.98. The zero-order valence-corrected chi connectivity index (χ0v) is 21.0. The highest BCUT2D eigenvalue weighted by Crippen LogP contribution is 2.43. The lowest BCUT2D eigenvalue weighted by Crippen LogP contribution is -2.49. The molecule has 196 valence electrons. The Balaban J connectivity index is 1.38. The van der Waals surface area contributed by atoms with Crippen LogP contribution in [0.4, 0.5) is 17.2 Å². The minimum Gasteiger partial charge on any atom is -0.494 e. The van der Waals surface area contributed by atoms with E-state index in [0.29, 0.717) is 22.9 Å². The first-order chi connectivity index (χ1) is 17.9. The second kappa shape index (κ2) is 10.4. The predicted octanol–water partition coefficient (Wildman–Crippen LogP) is 3.53. The van der Waals surface area contributed by atoms with E-state index in [9.17, 15) is 9.59 Å². The van der Waals surface area contributed by atoms with E-state index in [1.807, 2.05) is 30.5 Å². The van der Waals surface area contributed by atoms with E-state index < -0.39 is 5.91 Å². The predicted molar refractivity (Wildman–Crippen MR) is 141 cm³/mol. The fourth-order valence-corrected chi connectivity index (χ4v) is 5.45. The molecule has 6 N–H and O–H groups in total. The van der Waals surface area contributed by atoms with Gasteiger partial charge in [-0.25, -0.2) is 10.8 Å². The maximum Gasteiger partial charge on any atom is 0.252 e. The number of nitrogens with one attached hydrogen (secondary N) is 2. The van der Waals surface area contributed by atoms with Crippen molar-refractivity contribution in [3.05, 3.63) is 47.8 Å². The first-order valence-electron chi connectivity index (χ1n) is 12.8. The van der Waals surface area contributed by atoms with Gasteiger partial charge in [-0.15, -0.1) is 0 Å². The van der Waals surface area contributed by atoms with Crippen LogP contribution in [0.3, 0.4) is 0 Å². The van der Waals surface area contributed by atoms with Gasteiger partial charge in [0.15, 0.2) is 0 Å². The molecule has 1 saturated heterocycles. The maximum atomic E-state index is 12.2. The molecule has 2 aromatic rings. The Kier molecular flexibility index (Phi) is 7.03. The quantitative estimate of drug-likeness (QED) is 0.299. The molecule has 2 amide bonds. The lowest BCUT2D eigenvalue weighted by atomic mass is 9.93. The van der Waals surface area contributed by atoms with Gasteiger partial charge in [0.1, 0.15) is 11.6 Å². The summed E-state index contributed by atoms with van der Waals surface area (Å²) < 4.78 is 11.9. The van der Waals surface area contributed by atoms with Gasteiger partial charge >= 0.3 is 0 Å². The van der Waals surface area contributed by atoms with Gasteiger partial charge < -0.3 is 30.8 Å². The minimum absolute atomic E-state index is 0.0269. The number of amides is 2. The van der Waals surface area contributed by atoms with E-state index in [0.717, 1.165) is 57.1 Å². The van der Waals surface area contributed by atoms with Gasteiger partial charge in [-0.2, -0.15) is 0 Å². The van der Waals surface area contributed by atoms with Crippen LogP contribution in [0.1, 0.15) is 60.9 Å². The standard InChI is InChI=1S/C27H34N6O4/c1-36-24-17(10-13-33(29)22-7-3-11-27(22)12-4-14-37-27)5-2-6-20(24)31-21-15-23(30-16-19(21)25(28)34)32-26(35)18-8-9-18/h2,5-6,10,13,15-16,18,22H,3-4,7-9,11-12,14,29H2,1H3,(H2,28,34)(H2,30,31,32,35)/b13-10+/t22-,27+/m1/s1. The second-order valence-electron chi connectivity index (χ2n) is 9.98. The Bertz CT molecular complexity index is 1200. The van der Waals surface area contributed by atoms with Crippen molar-refractivity contribution < 1.29 is 19.1 Å². The fraction of sp³-hybridized carbons (Fsp3) is 0.444. The molecule has 2 heterocycles. The number of hydrazine groups is 1. The zero-order valence-electron chi connectivity index (χ0n) is 21.0. The summed E-state index contributed by atoms with van der Waals surface area (Å²) in [6.07, 6.45) is 12.1. The Morgan fingerprint density at radius 2 is 2.03 bits per heavy atom. The number of hydrogen-bond acceptors (Lipinski definition) is 8. The van der Waals surface area contributed by atoms with Gasteiger partial charge in [-0.3, -0.25) is 9.59 Å². The van der Waals surface area contributed by atoms with Gasteiger partial charge in [0.05, 0.1) is 35.7 Å². The van der Waals surface area contributed by atoms with Crippen LogP contribution in [0.5, 0.6) is 5.75 Å². The number of pyridine rings is 1. The van der Waals surface area contributed by atoms with E-state index in [2.05, 4.69) is 15.6 Å². The number of benzene rings is 1. The molecule has 10 heteroatoms. The van der Waals surface area contributed by atoms with Crippen LogP contribution in [0.25, 0.3) is 6.08 Å². The van der Waals surface area contributed by atoms with Crippen molar-refractivity contribution in [1.82, 2.24) is 9.99 Å². The summed E-state index contributed by atoms with van der Waals surface area (Å²) in [5, 5.41) is 7.81. The molecule has 1 spiro atoms. The van der Waals surface area contributed by atoms with Crippen LogP contribution >= 0.6 is 0 Å². The molecule has 1 aliphatic heterocycles. The smallest absolute Gasteiger partial charge is 0.252 e. The van der Waals surface area contributed by atoms with Gasteiger partial charge in [0.25, 0.3) is 5.91 Å². The Labute approximate surface area is 216 Å². The number of methoxy groups -OCH3 is 1. The summed E-state index contributed by atoms with van der Waals surface area (Å²) in [5.41, 5.74) is 7.48.